The molecule has 1 heterocycles. The van der Waals surface area contributed by atoms with Crippen LogP contribution in [-0.2, 0) is 10.0 Å². The molecule has 0 radical (unpaired) electrons. The van der Waals surface area contributed by atoms with Gasteiger partial charge in [0.25, 0.3) is 0 Å². The van der Waals surface area contributed by atoms with Gasteiger partial charge in [0.05, 0.1) is 32.4 Å². The van der Waals surface area contributed by atoms with Crippen molar-refractivity contribution >= 4 is 78.9 Å². The molecule has 1 unspecified atom stereocenters. The smallest absolute Gasteiger partial charge is 0.242 e. The summed E-state index contributed by atoms with van der Waals surface area (Å²) in [4.78, 5) is -0.109. The van der Waals surface area contributed by atoms with Crippen LogP contribution in [0.25, 0.3) is 11.0 Å². The minimum absolute atomic E-state index is 0.109. The minimum Gasteiger partial charge on any atom is -0.392 e. The van der Waals surface area contributed by atoms with Crippen molar-refractivity contribution < 1.29 is 8.42 Å². The monoisotopic (exact) mass is 384 g/mol. The van der Waals surface area contributed by atoms with Gasteiger partial charge in [-0.2, -0.15) is 8.75 Å². The molecule has 0 spiro atoms. The van der Waals surface area contributed by atoms with E-state index in [0.29, 0.717) is 16.1 Å². The molecule has 2 rings (SSSR count). The van der Waals surface area contributed by atoms with E-state index in [0.717, 1.165) is 11.7 Å². The van der Waals surface area contributed by atoms with Crippen molar-refractivity contribution in [3.63, 3.8) is 0 Å². The van der Waals surface area contributed by atoms with Gasteiger partial charge >= 0.3 is 0 Å². The van der Waals surface area contributed by atoms with E-state index >= 15 is 0 Å². The van der Waals surface area contributed by atoms with Crippen LogP contribution in [-0.4, -0.2) is 27.4 Å². The molecule has 0 aliphatic heterocycles. The maximum absolute atomic E-state index is 12.4. The summed E-state index contributed by atoms with van der Waals surface area (Å²) in [7, 11) is -3.84. The van der Waals surface area contributed by atoms with Crippen LogP contribution in [0, 0.1) is 0 Å². The lowest BCUT2D eigenvalue weighted by Crippen LogP contribution is -2.37. The molecule has 114 valence electrons. The number of hydrogen-bond acceptors (Lipinski definition) is 6. The number of fused-ring (bicyclic) bond motifs is 1. The second-order valence-corrected chi connectivity index (χ2v) is 7.80. The third-order valence-electron chi connectivity index (χ3n) is 2.75. The summed E-state index contributed by atoms with van der Waals surface area (Å²) in [6.07, 6.45) is 0.244. The van der Waals surface area contributed by atoms with Crippen LogP contribution in [0.5, 0.6) is 0 Å². The van der Waals surface area contributed by atoms with Crippen molar-refractivity contribution in [1.82, 2.24) is 8.75 Å². The van der Waals surface area contributed by atoms with E-state index in [1.807, 2.05) is 0 Å². The largest absolute Gasteiger partial charge is 0.392 e. The standard InChI is InChI=1S/C10H10Cl2N4O2S3/c1-2-6(10(13)19)21(17,18)16-8-5(12)3-4(11)7-9(8)15-20-14-7/h3,6,16H,2H2,1H3,(H2,13,19). The van der Waals surface area contributed by atoms with Gasteiger partial charge in [-0.05, 0) is 12.5 Å². The van der Waals surface area contributed by atoms with Crippen molar-refractivity contribution in [3.05, 3.63) is 16.1 Å². The number of hydrogen-bond donors (Lipinski definition) is 2. The zero-order valence-electron chi connectivity index (χ0n) is 10.6. The van der Waals surface area contributed by atoms with Gasteiger partial charge in [0.1, 0.15) is 16.3 Å². The topological polar surface area (TPSA) is 98.0 Å². The Bertz CT molecular complexity index is 806. The highest BCUT2D eigenvalue weighted by Gasteiger charge is 2.28. The van der Waals surface area contributed by atoms with Gasteiger partial charge in [-0.25, -0.2) is 8.42 Å². The minimum atomic E-state index is -3.84. The zero-order valence-corrected chi connectivity index (χ0v) is 14.6. The number of rotatable bonds is 5. The molecule has 0 aliphatic rings. The second kappa shape index (κ2) is 6.17. The molecule has 11 heteroatoms. The van der Waals surface area contributed by atoms with Crippen molar-refractivity contribution in [2.45, 2.75) is 18.6 Å². The first kappa shape index (κ1) is 16.6. The summed E-state index contributed by atoms with van der Waals surface area (Å²) in [6.45, 7) is 1.67. The van der Waals surface area contributed by atoms with Gasteiger partial charge in [0, 0.05) is 0 Å². The molecule has 2 aromatic rings. The number of sulfonamides is 1. The number of aromatic nitrogens is 2. The Kier molecular flexibility index (Phi) is 4.89. The Hall–Kier alpha value is -0.740. The van der Waals surface area contributed by atoms with Crippen molar-refractivity contribution in [2.75, 3.05) is 4.72 Å². The highest BCUT2D eigenvalue weighted by Crippen LogP contribution is 2.36. The van der Waals surface area contributed by atoms with E-state index in [9.17, 15) is 8.42 Å². The van der Waals surface area contributed by atoms with Crippen LogP contribution < -0.4 is 10.5 Å². The zero-order chi connectivity index (χ0) is 15.8. The Balaban J connectivity index is 2.54. The molecular formula is C10H10Cl2N4O2S3. The van der Waals surface area contributed by atoms with E-state index in [2.05, 4.69) is 13.5 Å². The molecule has 0 saturated heterocycles. The van der Waals surface area contributed by atoms with Gasteiger partial charge in [0.15, 0.2) is 0 Å². The first-order valence-corrected chi connectivity index (χ1v) is 9.13. The van der Waals surface area contributed by atoms with E-state index in [1.54, 1.807) is 6.92 Å². The summed E-state index contributed by atoms with van der Waals surface area (Å²) in [5.74, 6) is 0. The number of nitrogens with one attached hydrogen (secondary N) is 1. The summed E-state index contributed by atoms with van der Waals surface area (Å²) < 4.78 is 35.1. The van der Waals surface area contributed by atoms with Crippen LogP contribution in [0.4, 0.5) is 5.69 Å². The van der Waals surface area contributed by atoms with Gasteiger partial charge in [-0.15, -0.1) is 0 Å². The number of halogens is 2. The summed E-state index contributed by atoms with van der Waals surface area (Å²) in [5.41, 5.74) is 6.27. The van der Waals surface area contributed by atoms with Crippen molar-refractivity contribution in [2.24, 2.45) is 5.73 Å². The number of anilines is 1. The molecule has 1 aromatic heterocycles. The highest BCUT2D eigenvalue weighted by atomic mass is 35.5. The Morgan fingerprint density at radius 1 is 1.43 bits per heavy atom. The van der Waals surface area contributed by atoms with E-state index in [-0.39, 0.29) is 22.1 Å². The Morgan fingerprint density at radius 3 is 2.62 bits per heavy atom. The highest BCUT2D eigenvalue weighted by molar-refractivity contribution is 7.95. The molecule has 0 aliphatic carbocycles. The van der Waals surface area contributed by atoms with Crippen LogP contribution in [0.15, 0.2) is 6.07 Å². The summed E-state index contributed by atoms with van der Waals surface area (Å²) >= 11 is 17.7. The van der Waals surface area contributed by atoms with Crippen LogP contribution >= 0.6 is 47.1 Å². The quantitative estimate of drug-likeness (QED) is 0.768. The predicted molar refractivity (Wildman–Crippen MR) is 90.8 cm³/mol. The molecule has 1 atom stereocenters. The first-order valence-electron chi connectivity index (χ1n) is 5.69. The van der Waals surface area contributed by atoms with Gasteiger partial charge < -0.3 is 5.73 Å². The fraction of sp³-hybridized carbons (Fsp3) is 0.300. The molecule has 0 amide bonds. The lowest BCUT2D eigenvalue weighted by atomic mass is 10.3. The van der Waals surface area contributed by atoms with Crippen LogP contribution in [0.1, 0.15) is 13.3 Å². The normalized spacial score (nSPS) is 13.3. The van der Waals surface area contributed by atoms with Gasteiger partial charge in [0.2, 0.25) is 10.0 Å². The molecule has 6 nitrogen and oxygen atoms in total. The van der Waals surface area contributed by atoms with Crippen LogP contribution in [0.2, 0.25) is 10.0 Å². The Morgan fingerprint density at radius 2 is 2.05 bits per heavy atom. The summed E-state index contributed by atoms with van der Waals surface area (Å²) in [6, 6.07) is 1.41. The molecule has 3 N–H and O–H groups in total. The average molecular weight is 385 g/mol. The van der Waals surface area contributed by atoms with Crippen molar-refractivity contribution in [3.8, 4) is 0 Å². The van der Waals surface area contributed by atoms with Gasteiger partial charge in [-0.3, -0.25) is 4.72 Å². The maximum Gasteiger partial charge on any atom is 0.242 e. The van der Waals surface area contributed by atoms with E-state index < -0.39 is 15.3 Å². The lowest BCUT2D eigenvalue weighted by molar-refractivity contribution is 0.594. The number of thiocarbonyl (C=S) groups is 1. The van der Waals surface area contributed by atoms with Crippen LogP contribution in [0.3, 0.4) is 0 Å². The number of benzene rings is 1. The number of nitrogens with two attached hydrogens (primary N) is 1. The number of nitrogens with zero attached hydrogens (tertiary/aromatic N) is 2. The lowest BCUT2D eigenvalue weighted by Gasteiger charge is -2.17. The average Bonchev–Trinajstić information content (AvgIpc) is 2.83. The first-order chi connectivity index (χ1) is 9.77. The summed E-state index contributed by atoms with van der Waals surface area (Å²) in [5, 5.41) is -0.574. The van der Waals surface area contributed by atoms with Crippen molar-refractivity contribution in [1.29, 1.82) is 0 Å². The fourth-order valence-electron chi connectivity index (χ4n) is 1.76. The second-order valence-electron chi connectivity index (χ2n) is 4.12. The predicted octanol–water partition coefficient (Wildman–Crippen LogP) is 2.80. The molecule has 1 aromatic carbocycles. The maximum atomic E-state index is 12.4. The SMILES string of the molecule is CCC(C(N)=S)S(=O)(=O)Nc1c(Cl)cc(Cl)c2nsnc12. The Labute approximate surface area is 141 Å². The van der Waals surface area contributed by atoms with E-state index in [4.69, 9.17) is 41.2 Å². The molecule has 0 saturated carbocycles. The van der Waals surface area contributed by atoms with E-state index in [1.165, 1.54) is 6.07 Å². The third-order valence-corrected chi connectivity index (χ3v) is 6.12. The molecule has 0 bridgehead atoms. The molecule has 0 fully saturated rings. The molecule has 21 heavy (non-hydrogen) atoms. The molecular weight excluding hydrogens is 375 g/mol. The fourth-order valence-corrected chi connectivity index (χ4v) is 4.90. The van der Waals surface area contributed by atoms with Gasteiger partial charge in [-0.1, -0.05) is 42.3 Å². The third kappa shape index (κ3) is 3.21.